The molecule has 1 aliphatic heterocycles. The van der Waals surface area contributed by atoms with Crippen LogP contribution in [0, 0.1) is 6.92 Å². The van der Waals surface area contributed by atoms with Gasteiger partial charge in [-0.15, -0.1) is 0 Å². The van der Waals surface area contributed by atoms with E-state index in [0.29, 0.717) is 19.4 Å². The van der Waals surface area contributed by atoms with Crippen LogP contribution in [0.5, 0.6) is 0 Å². The molecular weight excluding hydrogens is 250 g/mol. The van der Waals surface area contributed by atoms with Crippen molar-refractivity contribution in [2.75, 3.05) is 6.61 Å². The van der Waals surface area contributed by atoms with Gasteiger partial charge in [0.05, 0.1) is 23.8 Å². The minimum atomic E-state index is -0.766. The molecule has 0 saturated carbocycles. The molecule has 1 aliphatic rings. The SMILES string of the molecule is CCC1CC(O)(c2ccc3nc(C)ccc3c2)CCO1. The largest absolute Gasteiger partial charge is 0.385 e. The zero-order valence-corrected chi connectivity index (χ0v) is 12.1. The Labute approximate surface area is 119 Å². The summed E-state index contributed by atoms with van der Waals surface area (Å²) in [4.78, 5) is 4.51. The van der Waals surface area contributed by atoms with Gasteiger partial charge in [-0.1, -0.05) is 19.1 Å². The van der Waals surface area contributed by atoms with Crippen molar-refractivity contribution in [1.82, 2.24) is 4.98 Å². The number of fused-ring (bicyclic) bond motifs is 1. The first-order chi connectivity index (χ1) is 9.60. The molecule has 2 atom stereocenters. The maximum Gasteiger partial charge on any atom is 0.0943 e. The molecule has 1 N–H and O–H groups in total. The fraction of sp³-hybridized carbons (Fsp3) is 0.471. The van der Waals surface area contributed by atoms with Crippen molar-refractivity contribution >= 4 is 10.9 Å². The van der Waals surface area contributed by atoms with Crippen molar-refractivity contribution in [2.24, 2.45) is 0 Å². The first-order valence-corrected chi connectivity index (χ1v) is 7.32. The lowest BCUT2D eigenvalue weighted by molar-refractivity contribution is -0.108. The molecule has 1 fully saturated rings. The number of aryl methyl sites for hydroxylation is 1. The number of rotatable bonds is 2. The van der Waals surface area contributed by atoms with Gasteiger partial charge in [-0.25, -0.2) is 0 Å². The van der Waals surface area contributed by atoms with Crippen LogP contribution in [0.4, 0.5) is 0 Å². The normalized spacial score (nSPS) is 26.9. The Morgan fingerprint density at radius 1 is 1.35 bits per heavy atom. The molecule has 2 unspecified atom stereocenters. The van der Waals surface area contributed by atoms with Gasteiger partial charge < -0.3 is 9.84 Å². The lowest BCUT2D eigenvalue weighted by atomic mass is 9.82. The zero-order chi connectivity index (χ0) is 14.2. The Kier molecular flexibility index (Phi) is 3.48. The second kappa shape index (κ2) is 5.15. The lowest BCUT2D eigenvalue weighted by Crippen LogP contribution is -2.38. The average Bonchev–Trinajstić information content (AvgIpc) is 2.46. The molecule has 2 heterocycles. The molecule has 0 amide bonds. The fourth-order valence-electron chi connectivity index (χ4n) is 2.97. The first-order valence-electron chi connectivity index (χ1n) is 7.32. The van der Waals surface area contributed by atoms with Crippen LogP contribution in [0.2, 0.25) is 0 Å². The molecule has 3 nitrogen and oxygen atoms in total. The molecule has 1 saturated heterocycles. The predicted molar refractivity (Wildman–Crippen MR) is 79.6 cm³/mol. The van der Waals surface area contributed by atoms with Crippen LogP contribution in [0.1, 0.15) is 37.4 Å². The van der Waals surface area contributed by atoms with E-state index in [9.17, 15) is 5.11 Å². The lowest BCUT2D eigenvalue weighted by Gasteiger charge is -2.37. The summed E-state index contributed by atoms with van der Waals surface area (Å²) in [5, 5.41) is 12.0. The van der Waals surface area contributed by atoms with Gasteiger partial charge in [0.2, 0.25) is 0 Å². The highest BCUT2D eigenvalue weighted by atomic mass is 16.5. The Bertz CT molecular complexity index is 625. The third-order valence-corrected chi connectivity index (χ3v) is 4.26. The van der Waals surface area contributed by atoms with Gasteiger partial charge in [-0.2, -0.15) is 0 Å². The first kappa shape index (κ1) is 13.5. The highest BCUT2D eigenvalue weighted by Crippen LogP contribution is 2.36. The quantitative estimate of drug-likeness (QED) is 0.911. The second-order valence-electron chi connectivity index (χ2n) is 5.75. The highest BCUT2D eigenvalue weighted by Gasteiger charge is 2.36. The molecule has 0 bridgehead atoms. The predicted octanol–water partition coefficient (Wildman–Crippen LogP) is 3.32. The Balaban J connectivity index is 1.98. The van der Waals surface area contributed by atoms with Gasteiger partial charge >= 0.3 is 0 Å². The molecule has 2 aromatic rings. The van der Waals surface area contributed by atoms with Crippen molar-refractivity contribution in [3.63, 3.8) is 0 Å². The van der Waals surface area contributed by atoms with E-state index in [0.717, 1.165) is 28.6 Å². The second-order valence-corrected chi connectivity index (χ2v) is 5.75. The molecule has 0 aliphatic carbocycles. The van der Waals surface area contributed by atoms with Gasteiger partial charge in [0.15, 0.2) is 0 Å². The summed E-state index contributed by atoms with van der Waals surface area (Å²) in [5.41, 5.74) is 2.22. The molecule has 1 aromatic carbocycles. The minimum absolute atomic E-state index is 0.153. The van der Waals surface area contributed by atoms with Crippen LogP contribution in [-0.4, -0.2) is 22.8 Å². The Morgan fingerprint density at radius 2 is 2.20 bits per heavy atom. The molecule has 0 radical (unpaired) electrons. The average molecular weight is 271 g/mol. The number of nitrogens with zero attached hydrogens (tertiary/aromatic N) is 1. The van der Waals surface area contributed by atoms with E-state index in [1.54, 1.807) is 0 Å². The van der Waals surface area contributed by atoms with E-state index >= 15 is 0 Å². The summed E-state index contributed by atoms with van der Waals surface area (Å²) in [6.45, 7) is 4.72. The monoisotopic (exact) mass is 271 g/mol. The summed E-state index contributed by atoms with van der Waals surface area (Å²) >= 11 is 0. The standard InChI is InChI=1S/C17H21NO2/c1-3-15-11-17(19,8-9-20-15)14-6-7-16-13(10-14)5-4-12(2)18-16/h4-7,10,15,19H,3,8-9,11H2,1-2H3. The van der Waals surface area contributed by atoms with Crippen molar-refractivity contribution in [1.29, 1.82) is 0 Å². The van der Waals surface area contributed by atoms with E-state index in [-0.39, 0.29) is 6.10 Å². The molecule has 3 heteroatoms. The minimum Gasteiger partial charge on any atom is -0.385 e. The zero-order valence-electron chi connectivity index (χ0n) is 12.1. The van der Waals surface area contributed by atoms with Crippen molar-refractivity contribution < 1.29 is 9.84 Å². The number of hydrogen-bond acceptors (Lipinski definition) is 3. The van der Waals surface area contributed by atoms with Crippen LogP contribution in [-0.2, 0) is 10.3 Å². The maximum atomic E-state index is 11.0. The van der Waals surface area contributed by atoms with E-state index in [2.05, 4.69) is 24.0 Å². The van der Waals surface area contributed by atoms with Gasteiger partial charge in [-0.3, -0.25) is 4.98 Å². The van der Waals surface area contributed by atoms with Crippen LogP contribution in [0.3, 0.4) is 0 Å². The third-order valence-electron chi connectivity index (χ3n) is 4.26. The van der Waals surface area contributed by atoms with E-state index < -0.39 is 5.60 Å². The summed E-state index contributed by atoms with van der Waals surface area (Å²) in [7, 11) is 0. The van der Waals surface area contributed by atoms with Gasteiger partial charge in [0.1, 0.15) is 0 Å². The fourth-order valence-corrected chi connectivity index (χ4v) is 2.97. The van der Waals surface area contributed by atoms with E-state index in [1.807, 2.05) is 25.1 Å². The smallest absolute Gasteiger partial charge is 0.0943 e. The molecule has 106 valence electrons. The van der Waals surface area contributed by atoms with Gasteiger partial charge in [0, 0.05) is 23.9 Å². The third kappa shape index (κ3) is 2.43. The maximum absolute atomic E-state index is 11.0. The molecule has 20 heavy (non-hydrogen) atoms. The van der Waals surface area contributed by atoms with Crippen LogP contribution >= 0.6 is 0 Å². The Hall–Kier alpha value is -1.45. The van der Waals surface area contributed by atoms with E-state index in [1.165, 1.54) is 0 Å². The van der Waals surface area contributed by atoms with E-state index in [4.69, 9.17) is 4.74 Å². The van der Waals surface area contributed by atoms with Crippen LogP contribution in [0.25, 0.3) is 10.9 Å². The van der Waals surface area contributed by atoms with Crippen LogP contribution < -0.4 is 0 Å². The summed E-state index contributed by atoms with van der Waals surface area (Å²) in [6, 6.07) is 10.2. The van der Waals surface area contributed by atoms with Crippen molar-refractivity contribution in [2.45, 2.75) is 44.8 Å². The topological polar surface area (TPSA) is 42.4 Å². The van der Waals surface area contributed by atoms with Gasteiger partial charge in [-0.05, 0) is 37.1 Å². The molecule has 1 aromatic heterocycles. The molecule has 0 spiro atoms. The van der Waals surface area contributed by atoms with Crippen LogP contribution in [0.15, 0.2) is 30.3 Å². The molecule has 3 rings (SSSR count). The number of aliphatic hydroxyl groups is 1. The Morgan fingerprint density at radius 3 is 3.00 bits per heavy atom. The van der Waals surface area contributed by atoms with Gasteiger partial charge in [0.25, 0.3) is 0 Å². The molecular formula is C17H21NO2. The number of ether oxygens (including phenoxy) is 1. The summed E-state index contributed by atoms with van der Waals surface area (Å²) in [5.74, 6) is 0. The number of aromatic nitrogens is 1. The van der Waals surface area contributed by atoms with Crippen molar-refractivity contribution in [3.05, 3.63) is 41.6 Å². The van der Waals surface area contributed by atoms with Crippen molar-refractivity contribution in [3.8, 4) is 0 Å². The summed E-state index contributed by atoms with van der Waals surface area (Å²) < 4.78 is 5.67. The summed E-state index contributed by atoms with van der Waals surface area (Å²) in [6.07, 6.45) is 2.43. The number of hydrogen-bond donors (Lipinski definition) is 1. The number of pyridine rings is 1. The highest BCUT2D eigenvalue weighted by molar-refractivity contribution is 5.79. The number of benzene rings is 1.